The van der Waals surface area contributed by atoms with Crippen molar-refractivity contribution < 1.29 is 18.3 Å². The third-order valence-corrected chi connectivity index (χ3v) is 4.29. The molecule has 6 nitrogen and oxygen atoms in total. The maximum absolute atomic E-state index is 11.9. The average molecular weight is 264 g/mol. The molecule has 0 spiro atoms. The standard InChI is InChI=1S/C10H20N2O4S/c1-8(2)6-11-17(15,16)12-5-3-4-9(7-12)10(13)14/h8-9,11H,3-7H2,1-2H3,(H,13,14)/t9-/m0/s1. The number of nitrogens with one attached hydrogen (secondary N) is 1. The van der Waals surface area contributed by atoms with Crippen LogP contribution in [0.2, 0.25) is 0 Å². The summed E-state index contributed by atoms with van der Waals surface area (Å²) in [6, 6.07) is 0. The van der Waals surface area contributed by atoms with E-state index in [2.05, 4.69) is 4.72 Å². The molecule has 1 rings (SSSR count). The van der Waals surface area contributed by atoms with Gasteiger partial charge in [0.1, 0.15) is 0 Å². The summed E-state index contributed by atoms with van der Waals surface area (Å²) in [5.41, 5.74) is 0. The van der Waals surface area contributed by atoms with E-state index < -0.39 is 22.1 Å². The summed E-state index contributed by atoms with van der Waals surface area (Å²) < 4.78 is 27.5. The largest absolute Gasteiger partial charge is 0.481 e. The molecule has 0 saturated carbocycles. The molecule has 7 heteroatoms. The van der Waals surface area contributed by atoms with Crippen molar-refractivity contribution in [1.82, 2.24) is 9.03 Å². The fourth-order valence-corrected chi connectivity index (χ4v) is 3.20. The molecule has 1 atom stereocenters. The van der Waals surface area contributed by atoms with Crippen LogP contribution in [0.1, 0.15) is 26.7 Å². The monoisotopic (exact) mass is 264 g/mol. The number of rotatable bonds is 5. The Hall–Kier alpha value is -0.660. The van der Waals surface area contributed by atoms with Gasteiger partial charge in [-0.3, -0.25) is 4.79 Å². The molecule has 1 saturated heterocycles. The minimum absolute atomic E-state index is 0.0722. The highest BCUT2D eigenvalue weighted by atomic mass is 32.2. The van der Waals surface area contributed by atoms with Gasteiger partial charge in [0, 0.05) is 19.6 Å². The molecule has 100 valence electrons. The minimum Gasteiger partial charge on any atom is -0.481 e. The minimum atomic E-state index is -3.52. The average Bonchev–Trinajstić information content (AvgIpc) is 2.27. The molecule has 1 aliphatic heterocycles. The summed E-state index contributed by atoms with van der Waals surface area (Å²) >= 11 is 0. The van der Waals surface area contributed by atoms with Crippen LogP contribution in [0.5, 0.6) is 0 Å². The van der Waals surface area contributed by atoms with Gasteiger partial charge in [-0.1, -0.05) is 13.8 Å². The first-order valence-electron chi connectivity index (χ1n) is 5.80. The van der Waals surface area contributed by atoms with E-state index >= 15 is 0 Å². The molecule has 1 fully saturated rings. The molecule has 0 aliphatic carbocycles. The lowest BCUT2D eigenvalue weighted by Gasteiger charge is -2.30. The van der Waals surface area contributed by atoms with Crippen LogP contribution in [0.15, 0.2) is 0 Å². The predicted molar refractivity (Wildman–Crippen MR) is 63.7 cm³/mol. The van der Waals surface area contributed by atoms with Gasteiger partial charge in [-0.15, -0.1) is 0 Å². The maximum atomic E-state index is 11.9. The fourth-order valence-electron chi connectivity index (χ4n) is 1.73. The Balaban J connectivity index is 2.62. The van der Waals surface area contributed by atoms with E-state index in [1.165, 1.54) is 4.31 Å². The van der Waals surface area contributed by atoms with Gasteiger partial charge in [-0.05, 0) is 18.8 Å². The van der Waals surface area contributed by atoms with Gasteiger partial charge in [0.25, 0.3) is 10.2 Å². The summed E-state index contributed by atoms with van der Waals surface area (Å²) in [6.07, 6.45) is 1.14. The van der Waals surface area contributed by atoms with Crippen molar-refractivity contribution in [2.75, 3.05) is 19.6 Å². The molecule has 2 N–H and O–H groups in total. The number of hydrogen-bond donors (Lipinski definition) is 2. The van der Waals surface area contributed by atoms with Gasteiger partial charge >= 0.3 is 5.97 Å². The molecular weight excluding hydrogens is 244 g/mol. The lowest BCUT2D eigenvalue weighted by atomic mass is 10.0. The molecule has 1 aliphatic rings. The lowest BCUT2D eigenvalue weighted by Crippen LogP contribution is -2.48. The number of nitrogens with zero attached hydrogens (tertiary/aromatic N) is 1. The van der Waals surface area contributed by atoms with Gasteiger partial charge in [0.2, 0.25) is 0 Å². The third-order valence-electron chi connectivity index (χ3n) is 2.75. The van der Waals surface area contributed by atoms with Crippen LogP contribution in [-0.4, -0.2) is 43.4 Å². The number of aliphatic carboxylic acids is 1. The third kappa shape index (κ3) is 4.25. The van der Waals surface area contributed by atoms with Crippen molar-refractivity contribution in [2.45, 2.75) is 26.7 Å². The van der Waals surface area contributed by atoms with Gasteiger partial charge in [0.15, 0.2) is 0 Å². The fraction of sp³-hybridized carbons (Fsp3) is 0.900. The number of carboxylic acids is 1. The molecule has 0 unspecified atom stereocenters. The van der Waals surface area contributed by atoms with Crippen LogP contribution in [0.4, 0.5) is 0 Å². The van der Waals surface area contributed by atoms with Crippen LogP contribution in [0.25, 0.3) is 0 Å². The van der Waals surface area contributed by atoms with Crippen molar-refractivity contribution in [1.29, 1.82) is 0 Å². The summed E-state index contributed by atoms with van der Waals surface area (Å²) in [5.74, 6) is -1.28. The molecule has 1 heterocycles. The second-order valence-corrected chi connectivity index (χ2v) is 6.54. The zero-order chi connectivity index (χ0) is 13.1. The smallest absolute Gasteiger partial charge is 0.307 e. The Morgan fingerprint density at radius 1 is 1.53 bits per heavy atom. The first-order chi connectivity index (χ1) is 7.83. The summed E-state index contributed by atoms with van der Waals surface area (Å²) in [6.45, 7) is 4.67. The quantitative estimate of drug-likeness (QED) is 0.746. The molecule has 0 aromatic rings. The van der Waals surface area contributed by atoms with Crippen molar-refractivity contribution in [3.8, 4) is 0 Å². The highest BCUT2D eigenvalue weighted by Crippen LogP contribution is 2.18. The van der Waals surface area contributed by atoms with Crippen LogP contribution in [-0.2, 0) is 15.0 Å². The van der Waals surface area contributed by atoms with Gasteiger partial charge in [0.05, 0.1) is 5.92 Å². The maximum Gasteiger partial charge on any atom is 0.307 e. The molecule has 0 radical (unpaired) electrons. The summed E-state index contributed by atoms with van der Waals surface area (Å²) in [5, 5.41) is 8.90. The van der Waals surface area contributed by atoms with Crippen molar-refractivity contribution in [3.63, 3.8) is 0 Å². The molecule has 0 bridgehead atoms. The Labute approximate surface area is 102 Å². The van der Waals surface area contributed by atoms with Gasteiger partial charge in [-0.2, -0.15) is 12.7 Å². The van der Waals surface area contributed by atoms with Crippen molar-refractivity contribution >= 4 is 16.2 Å². The zero-order valence-corrected chi connectivity index (χ0v) is 11.0. The molecular formula is C10H20N2O4S. The number of carbonyl (C=O) groups is 1. The Kier molecular flexibility index (Phi) is 4.91. The van der Waals surface area contributed by atoms with E-state index in [0.717, 1.165) is 0 Å². The molecule has 0 aromatic heterocycles. The highest BCUT2D eigenvalue weighted by Gasteiger charge is 2.31. The van der Waals surface area contributed by atoms with Crippen molar-refractivity contribution in [3.05, 3.63) is 0 Å². The summed E-state index contributed by atoms with van der Waals surface area (Å²) in [4.78, 5) is 10.9. The van der Waals surface area contributed by atoms with Crippen molar-refractivity contribution in [2.24, 2.45) is 11.8 Å². The van der Waals surface area contributed by atoms with E-state index in [0.29, 0.717) is 25.9 Å². The zero-order valence-electron chi connectivity index (χ0n) is 10.2. The second-order valence-electron chi connectivity index (χ2n) is 4.78. The van der Waals surface area contributed by atoms with Gasteiger partial charge < -0.3 is 5.11 Å². The lowest BCUT2D eigenvalue weighted by molar-refractivity contribution is -0.142. The van der Waals surface area contributed by atoms with E-state index in [9.17, 15) is 13.2 Å². The van der Waals surface area contributed by atoms with E-state index in [1.807, 2.05) is 13.8 Å². The molecule has 0 amide bonds. The number of hydrogen-bond acceptors (Lipinski definition) is 3. The predicted octanol–water partition coefficient (Wildman–Crippen LogP) is 0.273. The first-order valence-corrected chi connectivity index (χ1v) is 7.24. The summed E-state index contributed by atoms with van der Waals surface area (Å²) in [7, 11) is -3.52. The van der Waals surface area contributed by atoms with E-state index in [4.69, 9.17) is 5.11 Å². The van der Waals surface area contributed by atoms with E-state index in [-0.39, 0.29) is 12.5 Å². The van der Waals surface area contributed by atoms with Crippen LogP contribution < -0.4 is 4.72 Å². The Morgan fingerprint density at radius 3 is 2.71 bits per heavy atom. The van der Waals surface area contributed by atoms with Gasteiger partial charge in [-0.25, -0.2) is 4.72 Å². The van der Waals surface area contributed by atoms with Crippen LogP contribution >= 0.6 is 0 Å². The molecule has 17 heavy (non-hydrogen) atoms. The Bertz CT molecular complexity index is 367. The Morgan fingerprint density at radius 2 is 2.18 bits per heavy atom. The normalized spacial score (nSPS) is 22.9. The SMILES string of the molecule is CC(C)CNS(=O)(=O)N1CCC[C@H](C(=O)O)C1. The topological polar surface area (TPSA) is 86.7 Å². The van der Waals surface area contributed by atoms with E-state index in [1.54, 1.807) is 0 Å². The number of piperidine rings is 1. The first kappa shape index (κ1) is 14.4. The van der Waals surface area contributed by atoms with Crippen LogP contribution in [0.3, 0.4) is 0 Å². The molecule has 0 aromatic carbocycles. The number of carboxylic acid groups (broad SMARTS) is 1. The highest BCUT2D eigenvalue weighted by molar-refractivity contribution is 7.87. The van der Waals surface area contributed by atoms with Crippen LogP contribution in [0, 0.1) is 11.8 Å². The second kappa shape index (κ2) is 5.79.